The predicted octanol–water partition coefficient (Wildman–Crippen LogP) is 3.83. The second kappa shape index (κ2) is 9.11. The summed E-state index contributed by atoms with van der Waals surface area (Å²) in [4.78, 5) is 23.7. The van der Waals surface area contributed by atoms with Gasteiger partial charge in [-0.3, -0.25) is 9.59 Å². The number of nitrogens with one attached hydrogen (secondary N) is 2. The van der Waals surface area contributed by atoms with Gasteiger partial charge in [-0.25, -0.2) is 0 Å². The highest BCUT2D eigenvalue weighted by molar-refractivity contribution is 8.00. The fraction of sp³-hybridized carbons (Fsp3) is 0.167. The summed E-state index contributed by atoms with van der Waals surface area (Å²) in [6, 6.07) is 14.1. The number of rotatable bonds is 6. The number of benzene rings is 2. The van der Waals surface area contributed by atoms with Crippen molar-refractivity contribution in [2.45, 2.75) is 6.92 Å². The van der Waals surface area contributed by atoms with Gasteiger partial charge in [-0.15, -0.1) is 11.8 Å². The van der Waals surface area contributed by atoms with Crippen LogP contribution in [0.5, 0.6) is 0 Å². The van der Waals surface area contributed by atoms with E-state index in [4.69, 9.17) is 16.9 Å². The number of nitrogens with zero attached hydrogens (tertiary/aromatic N) is 1. The molecule has 0 atom stereocenters. The molecule has 0 spiro atoms. The van der Waals surface area contributed by atoms with Crippen LogP contribution in [0, 0.1) is 18.3 Å². The second-order valence-electron chi connectivity index (χ2n) is 5.26. The molecule has 2 rings (SSSR count). The number of carbonyl (C=O) groups is 2. The highest BCUT2D eigenvalue weighted by Crippen LogP contribution is 2.20. The third kappa shape index (κ3) is 6.14. The highest BCUT2D eigenvalue weighted by atomic mass is 35.5. The lowest BCUT2D eigenvalue weighted by Gasteiger charge is -2.07. The van der Waals surface area contributed by atoms with Crippen molar-refractivity contribution in [2.75, 3.05) is 22.1 Å². The monoisotopic (exact) mass is 373 g/mol. The normalized spacial score (nSPS) is 9.96. The minimum absolute atomic E-state index is 0.138. The predicted molar refractivity (Wildman–Crippen MR) is 102 cm³/mol. The largest absolute Gasteiger partial charge is 0.325 e. The van der Waals surface area contributed by atoms with Crippen LogP contribution in [0.3, 0.4) is 0 Å². The summed E-state index contributed by atoms with van der Waals surface area (Å²) in [5.74, 6) is -0.0917. The van der Waals surface area contributed by atoms with Crippen LogP contribution in [0.15, 0.2) is 42.5 Å². The summed E-state index contributed by atoms with van der Waals surface area (Å²) in [6.45, 7) is 1.97. The minimum Gasteiger partial charge on any atom is -0.325 e. The zero-order valence-electron chi connectivity index (χ0n) is 13.5. The molecule has 2 aromatic rings. The molecule has 7 heteroatoms. The van der Waals surface area contributed by atoms with Crippen LogP contribution in [0.1, 0.15) is 11.1 Å². The van der Waals surface area contributed by atoms with Gasteiger partial charge < -0.3 is 10.6 Å². The van der Waals surface area contributed by atoms with Crippen molar-refractivity contribution < 1.29 is 9.59 Å². The van der Waals surface area contributed by atoms with Gasteiger partial charge in [-0.2, -0.15) is 5.26 Å². The molecule has 0 aliphatic heterocycles. The summed E-state index contributed by atoms with van der Waals surface area (Å²) in [7, 11) is 0. The van der Waals surface area contributed by atoms with E-state index in [1.165, 1.54) is 17.8 Å². The van der Waals surface area contributed by atoms with Crippen LogP contribution in [0.2, 0.25) is 5.02 Å². The van der Waals surface area contributed by atoms with Crippen molar-refractivity contribution in [3.05, 3.63) is 58.6 Å². The highest BCUT2D eigenvalue weighted by Gasteiger charge is 2.08. The van der Waals surface area contributed by atoms with Gasteiger partial charge in [0.05, 0.1) is 22.1 Å². The van der Waals surface area contributed by atoms with E-state index in [1.807, 2.05) is 37.3 Å². The van der Waals surface area contributed by atoms with Crippen LogP contribution in [0.25, 0.3) is 0 Å². The van der Waals surface area contributed by atoms with E-state index in [-0.39, 0.29) is 28.3 Å². The van der Waals surface area contributed by atoms with Gasteiger partial charge >= 0.3 is 0 Å². The summed E-state index contributed by atoms with van der Waals surface area (Å²) >= 11 is 7.13. The Morgan fingerprint density at radius 3 is 2.16 bits per heavy atom. The maximum absolute atomic E-state index is 11.9. The lowest BCUT2D eigenvalue weighted by molar-refractivity contribution is -0.114. The third-order valence-corrected chi connectivity index (χ3v) is 4.42. The Balaban J connectivity index is 1.74. The molecule has 2 N–H and O–H groups in total. The fourth-order valence-electron chi connectivity index (χ4n) is 1.95. The third-order valence-electron chi connectivity index (χ3n) is 3.17. The molecule has 0 aliphatic carbocycles. The Morgan fingerprint density at radius 2 is 1.60 bits per heavy atom. The number of halogens is 1. The first-order chi connectivity index (χ1) is 12.0. The molecule has 0 saturated heterocycles. The molecule has 0 aliphatic rings. The number of hydrogen-bond donors (Lipinski definition) is 2. The Hall–Kier alpha value is -2.49. The van der Waals surface area contributed by atoms with Gasteiger partial charge in [-0.1, -0.05) is 29.3 Å². The first-order valence-electron chi connectivity index (χ1n) is 7.41. The van der Waals surface area contributed by atoms with E-state index < -0.39 is 0 Å². The van der Waals surface area contributed by atoms with Crippen molar-refractivity contribution in [3.8, 4) is 6.07 Å². The molecule has 0 aromatic heterocycles. The van der Waals surface area contributed by atoms with Crippen LogP contribution >= 0.6 is 23.4 Å². The topological polar surface area (TPSA) is 82.0 Å². The van der Waals surface area contributed by atoms with Gasteiger partial charge in [0.2, 0.25) is 11.8 Å². The Labute approximate surface area is 155 Å². The molecular formula is C18H16ClN3O2S. The van der Waals surface area contributed by atoms with Gasteiger partial charge in [0, 0.05) is 11.4 Å². The van der Waals surface area contributed by atoms with E-state index in [0.717, 1.165) is 11.3 Å². The standard InChI is InChI=1S/C18H16ClN3O2S/c1-12-2-5-14(6-3-12)21-17(23)10-25-11-18(24)22-15-7-4-13(9-20)16(19)8-15/h2-8H,10-11H2,1H3,(H,21,23)(H,22,24). The van der Waals surface area contributed by atoms with Crippen LogP contribution in [0.4, 0.5) is 11.4 Å². The summed E-state index contributed by atoms with van der Waals surface area (Å²) in [5.41, 5.74) is 2.71. The fourth-order valence-corrected chi connectivity index (χ4v) is 2.79. The first-order valence-corrected chi connectivity index (χ1v) is 8.95. The second-order valence-corrected chi connectivity index (χ2v) is 6.65. The zero-order chi connectivity index (χ0) is 18.2. The maximum Gasteiger partial charge on any atom is 0.234 e. The molecule has 2 aromatic carbocycles. The van der Waals surface area contributed by atoms with Crippen LogP contribution in [-0.4, -0.2) is 23.3 Å². The number of nitriles is 1. The first kappa shape index (κ1) is 18.8. The molecule has 0 bridgehead atoms. The lowest BCUT2D eigenvalue weighted by atomic mass is 10.2. The summed E-state index contributed by atoms with van der Waals surface area (Å²) < 4.78 is 0. The lowest BCUT2D eigenvalue weighted by Crippen LogP contribution is -2.18. The Morgan fingerprint density at radius 1 is 1.04 bits per heavy atom. The van der Waals surface area contributed by atoms with Crippen molar-refractivity contribution in [3.63, 3.8) is 0 Å². The van der Waals surface area contributed by atoms with Gasteiger partial charge in [0.25, 0.3) is 0 Å². The maximum atomic E-state index is 11.9. The Bertz CT molecular complexity index is 816. The molecule has 0 saturated carbocycles. The number of carbonyl (C=O) groups excluding carboxylic acids is 2. The number of amides is 2. The zero-order valence-corrected chi connectivity index (χ0v) is 15.1. The van der Waals surface area contributed by atoms with Crippen molar-refractivity contribution in [1.29, 1.82) is 5.26 Å². The SMILES string of the molecule is Cc1ccc(NC(=O)CSCC(=O)Nc2ccc(C#N)c(Cl)c2)cc1. The molecule has 0 radical (unpaired) electrons. The van der Waals surface area contributed by atoms with Gasteiger partial charge in [-0.05, 0) is 37.3 Å². The quantitative estimate of drug-likeness (QED) is 0.806. The van der Waals surface area contributed by atoms with E-state index in [9.17, 15) is 9.59 Å². The van der Waals surface area contributed by atoms with E-state index in [1.54, 1.807) is 12.1 Å². The number of aryl methyl sites for hydroxylation is 1. The molecule has 0 heterocycles. The van der Waals surface area contributed by atoms with E-state index >= 15 is 0 Å². The average molecular weight is 374 g/mol. The minimum atomic E-state index is -0.242. The summed E-state index contributed by atoms with van der Waals surface area (Å²) in [6.07, 6.45) is 0. The summed E-state index contributed by atoms with van der Waals surface area (Å²) in [5, 5.41) is 14.5. The molecule has 0 fully saturated rings. The Kier molecular flexibility index (Phi) is 6.87. The molecular weight excluding hydrogens is 358 g/mol. The van der Waals surface area contributed by atoms with E-state index in [2.05, 4.69) is 10.6 Å². The average Bonchev–Trinajstić information content (AvgIpc) is 2.57. The smallest absolute Gasteiger partial charge is 0.234 e. The van der Waals surface area contributed by atoms with Gasteiger partial charge in [0.15, 0.2) is 0 Å². The molecule has 2 amide bonds. The number of anilines is 2. The molecule has 128 valence electrons. The van der Waals surface area contributed by atoms with Crippen LogP contribution < -0.4 is 10.6 Å². The molecule has 5 nitrogen and oxygen atoms in total. The molecule has 0 unspecified atom stereocenters. The number of hydrogen-bond acceptors (Lipinski definition) is 4. The molecule has 25 heavy (non-hydrogen) atoms. The number of thioether (sulfide) groups is 1. The van der Waals surface area contributed by atoms with Crippen molar-refractivity contribution >= 4 is 46.6 Å². The van der Waals surface area contributed by atoms with Crippen molar-refractivity contribution in [1.82, 2.24) is 0 Å². The van der Waals surface area contributed by atoms with E-state index in [0.29, 0.717) is 11.3 Å². The van der Waals surface area contributed by atoms with Gasteiger partial charge in [0.1, 0.15) is 6.07 Å². The van der Waals surface area contributed by atoms with Crippen LogP contribution in [-0.2, 0) is 9.59 Å². The van der Waals surface area contributed by atoms with Crippen molar-refractivity contribution in [2.24, 2.45) is 0 Å².